The van der Waals surface area contributed by atoms with Crippen LogP contribution in [0.5, 0.6) is 0 Å². The maximum Gasteiger partial charge on any atom is 0.378 e. The molecule has 0 rings (SSSR count). The molecule has 0 aromatic carbocycles. The van der Waals surface area contributed by atoms with Crippen molar-refractivity contribution in [2.75, 3.05) is 7.11 Å². The number of allylic oxidation sites excluding steroid dienone is 1. The summed E-state index contributed by atoms with van der Waals surface area (Å²) in [6.07, 6.45) is 2.05. The third kappa shape index (κ3) is 3.40. The van der Waals surface area contributed by atoms with E-state index in [0.717, 1.165) is 19.3 Å². The van der Waals surface area contributed by atoms with E-state index in [-0.39, 0.29) is 0 Å². The van der Waals surface area contributed by atoms with Gasteiger partial charge in [0.2, 0.25) is 0 Å². The lowest BCUT2D eigenvalue weighted by molar-refractivity contribution is -0.149. The number of aliphatic hydroxyl groups excluding tert-OH is 2. The monoisotopic (exact) mass is 172 g/mol. The van der Waals surface area contributed by atoms with Gasteiger partial charge in [-0.15, -0.1) is 0 Å². The molecule has 0 amide bonds. The Balaban J connectivity index is 4.18. The Labute approximate surface area is 68.6 Å². The first-order valence-electron chi connectivity index (χ1n) is 2.95. The first kappa shape index (κ1) is 10.2. The highest BCUT2D eigenvalue weighted by atomic mass is 16.5. The summed E-state index contributed by atoms with van der Waals surface area (Å²) >= 11 is 0. The molecule has 0 heterocycles. The fourth-order valence-corrected chi connectivity index (χ4v) is 0.373. The number of rotatable bonds is 3. The molecule has 0 radical (unpaired) electrons. The highest BCUT2D eigenvalue weighted by molar-refractivity contribution is 6.38. The number of hydrogen-bond donors (Lipinski definition) is 2. The Bertz CT molecular complexity index is 238. The van der Waals surface area contributed by atoms with Crippen molar-refractivity contribution in [3.63, 3.8) is 0 Å². The Morgan fingerprint density at radius 1 is 1.33 bits per heavy atom. The quantitative estimate of drug-likeness (QED) is 0.209. The van der Waals surface area contributed by atoms with E-state index in [2.05, 4.69) is 4.74 Å². The lowest BCUT2D eigenvalue weighted by atomic mass is 10.3. The Kier molecular flexibility index (Phi) is 4.21. The highest BCUT2D eigenvalue weighted by Gasteiger charge is 2.08. The molecule has 0 aliphatic carbocycles. The number of ketones is 1. The minimum atomic E-state index is -1.03. The van der Waals surface area contributed by atoms with Gasteiger partial charge in [0.25, 0.3) is 5.78 Å². The minimum absolute atomic E-state index is 0.390. The van der Waals surface area contributed by atoms with Gasteiger partial charge in [0.1, 0.15) is 12.0 Å². The Hall–Kier alpha value is -1.78. The number of methoxy groups -OCH3 is 1. The average Bonchev–Trinajstić information content (AvgIpc) is 2.11. The van der Waals surface area contributed by atoms with Gasteiger partial charge in [0.15, 0.2) is 0 Å². The third-order valence-corrected chi connectivity index (χ3v) is 0.924. The van der Waals surface area contributed by atoms with E-state index in [4.69, 9.17) is 10.2 Å². The Morgan fingerprint density at radius 3 is 2.33 bits per heavy atom. The summed E-state index contributed by atoms with van der Waals surface area (Å²) in [5, 5.41) is 16.7. The lowest BCUT2D eigenvalue weighted by Crippen LogP contribution is -2.12. The second kappa shape index (κ2) is 4.95. The summed E-state index contributed by atoms with van der Waals surface area (Å²) in [6, 6.07) is 0. The van der Waals surface area contributed by atoms with E-state index in [1.165, 1.54) is 0 Å². The van der Waals surface area contributed by atoms with Gasteiger partial charge < -0.3 is 14.9 Å². The topological polar surface area (TPSA) is 83.8 Å². The molecule has 0 bridgehead atoms. The van der Waals surface area contributed by atoms with Crippen molar-refractivity contribution in [1.29, 1.82) is 0 Å². The number of carbonyl (C=O) groups excluding carboxylic acids is 2. The van der Waals surface area contributed by atoms with Gasteiger partial charge in [-0.3, -0.25) is 4.79 Å². The Morgan fingerprint density at radius 2 is 1.92 bits per heavy atom. The van der Waals surface area contributed by atoms with E-state index < -0.39 is 17.5 Å². The third-order valence-electron chi connectivity index (χ3n) is 0.924. The van der Waals surface area contributed by atoms with E-state index >= 15 is 0 Å². The van der Waals surface area contributed by atoms with Crippen molar-refractivity contribution in [1.82, 2.24) is 0 Å². The van der Waals surface area contributed by atoms with Gasteiger partial charge >= 0.3 is 5.97 Å². The van der Waals surface area contributed by atoms with Crippen LogP contribution < -0.4 is 0 Å². The van der Waals surface area contributed by atoms with E-state index in [9.17, 15) is 9.59 Å². The van der Waals surface area contributed by atoms with E-state index in [0.29, 0.717) is 6.26 Å². The molecular formula is C7H8O5. The second-order valence-corrected chi connectivity index (χ2v) is 1.74. The molecule has 0 aromatic rings. The fourth-order valence-electron chi connectivity index (χ4n) is 0.373. The van der Waals surface area contributed by atoms with Gasteiger partial charge in [0, 0.05) is 0 Å². The summed E-state index contributed by atoms with van der Waals surface area (Å²) in [5.41, 5.74) is 0. The van der Waals surface area contributed by atoms with Crippen molar-refractivity contribution in [2.24, 2.45) is 0 Å². The molecule has 0 aromatic heterocycles. The van der Waals surface area contributed by atoms with Gasteiger partial charge in [0.05, 0.1) is 7.11 Å². The zero-order chi connectivity index (χ0) is 9.56. The maximum absolute atomic E-state index is 10.6. The fraction of sp³-hybridized carbons (Fsp3) is 0.143. The molecule has 0 saturated carbocycles. The van der Waals surface area contributed by atoms with Crippen molar-refractivity contribution in [3.8, 4) is 0 Å². The van der Waals surface area contributed by atoms with E-state index in [1.54, 1.807) is 0 Å². The zero-order valence-electron chi connectivity index (χ0n) is 6.35. The molecule has 0 atom stereocenters. The number of esters is 1. The molecule has 0 saturated heterocycles. The van der Waals surface area contributed by atoms with E-state index in [1.807, 2.05) is 0 Å². The first-order valence-corrected chi connectivity index (χ1v) is 2.95. The van der Waals surface area contributed by atoms with Crippen LogP contribution in [-0.4, -0.2) is 29.1 Å². The van der Waals surface area contributed by atoms with Crippen molar-refractivity contribution < 1.29 is 24.5 Å². The molecular weight excluding hydrogens is 164 g/mol. The SMILES string of the molecule is COC(=O)C(=O)/C=C/C(O)=C/O. The predicted molar refractivity (Wildman–Crippen MR) is 39.5 cm³/mol. The maximum atomic E-state index is 10.6. The smallest absolute Gasteiger partial charge is 0.378 e. The molecule has 0 spiro atoms. The molecule has 5 heteroatoms. The molecule has 66 valence electrons. The molecule has 2 N–H and O–H groups in total. The van der Waals surface area contributed by atoms with Crippen LogP contribution in [0, 0.1) is 0 Å². The molecule has 0 unspecified atom stereocenters. The van der Waals surface area contributed by atoms with Crippen LogP contribution in [0.15, 0.2) is 24.2 Å². The van der Waals surface area contributed by atoms with Gasteiger partial charge in [-0.25, -0.2) is 4.79 Å². The number of ether oxygens (including phenoxy) is 1. The normalized spacial score (nSPS) is 11.6. The summed E-state index contributed by atoms with van der Waals surface area (Å²) < 4.78 is 4.07. The van der Waals surface area contributed by atoms with Crippen LogP contribution in [0.3, 0.4) is 0 Å². The highest BCUT2D eigenvalue weighted by Crippen LogP contribution is 1.89. The summed E-state index contributed by atoms with van der Waals surface area (Å²) in [5.74, 6) is -2.46. The molecule has 0 aliphatic rings. The standard InChI is InChI=1S/C7H8O5/c1-12-7(11)6(10)3-2-5(9)4-8/h2-4,8-9H,1H3/b3-2+,5-4-. The van der Waals surface area contributed by atoms with Crippen LogP contribution in [-0.2, 0) is 14.3 Å². The van der Waals surface area contributed by atoms with Crippen LogP contribution >= 0.6 is 0 Å². The molecule has 0 aliphatic heterocycles. The summed E-state index contributed by atoms with van der Waals surface area (Å²) in [6.45, 7) is 0. The van der Waals surface area contributed by atoms with Crippen LogP contribution in [0.1, 0.15) is 0 Å². The minimum Gasteiger partial charge on any atom is -0.512 e. The van der Waals surface area contributed by atoms with Crippen LogP contribution in [0.2, 0.25) is 0 Å². The predicted octanol–water partition coefficient (Wildman–Crippen LogP) is 0.242. The summed E-state index contributed by atoms with van der Waals surface area (Å²) in [7, 11) is 1.07. The summed E-state index contributed by atoms with van der Waals surface area (Å²) in [4.78, 5) is 21.0. The first-order chi connectivity index (χ1) is 5.61. The molecule has 12 heavy (non-hydrogen) atoms. The van der Waals surface area contributed by atoms with Crippen molar-refractivity contribution in [2.45, 2.75) is 0 Å². The second-order valence-electron chi connectivity index (χ2n) is 1.74. The van der Waals surface area contributed by atoms with Gasteiger partial charge in [-0.05, 0) is 12.2 Å². The van der Waals surface area contributed by atoms with Gasteiger partial charge in [-0.2, -0.15) is 0 Å². The molecule has 0 fully saturated rings. The van der Waals surface area contributed by atoms with Crippen LogP contribution in [0.4, 0.5) is 0 Å². The van der Waals surface area contributed by atoms with Crippen molar-refractivity contribution >= 4 is 11.8 Å². The molecule has 5 nitrogen and oxygen atoms in total. The zero-order valence-corrected chi connectivity index (χ0v) is 6.35. The van der Waals surface area contributed by atoms with Crippen LogP contribution in [0.25, 0.3) is 0 Å². The largest absolute Gasteiger partial charge is 0.512 e. The number of aliphatic hydroxyl groups is 2. The lowest BCUT2D eigenvalue weighted by Gasteiger charge is -1.90. The van der Waals surface area contributed by atoms with Gasteiger partial charge in [-0.1, -0.05) is 0 Å². The number of carbonyl (C=O) groups is 2. The van der Waals surface area contributed by atoms with Crippen molar-refractivity contribution in [3.05, 3.63) is 24.2 Å². The number of hydrogen-bond acceptors (Lipinski definition) is 5. The average molecular weight is 172 g/mol.